The number of aliphatic carboxylic acids is 1. The standard InChI is InChI=1S/C10H10F2O4/c1-6-2-7(15-5-9(13)14)4-8(3-6)16-10(11)12/h2-4,10H,5H2,1H3,(H,13,14). The van der Waals surface area contributed by atoms with Crippen molar-refractivity contribution in [2.24, 2.45) is 0 Å². The van der Waals surface area contributed by atoms with Gasteiger partial charge in [0.05, 0.1) is 0 Å². The van der Waals surface area contributed by atoms with Crippen molar-refractivity contribution in [1.29, 1.82) is 0 Å². The normalized spacial score (nSPS) is 10.2. The molecule has 0 atom stereocenters. The lowest BCUT2D eigenvalue weighted by molar-refractivity contribution is -0.139. The molecule has 0 bridgehead atoms. The van der Waals surface area contributed by atoms with Crippen molar-refractivity contribution in [3.05, 3.63) is 23.8 Å². The number of carboxylic acids is 1. The minimum absolute atomic E-state index is 0.0598. The molecule has 0 saturated heterocycles. The number of carbonyl (C=O) groups is 1. The van der Waals surface area contributed by atoms with Crippen molar-refractivity contribution in [3.8, 4) is 11.5 Å². The number of halogens is 2. The minimum atomic E-state index is -2.92. The zero-order chi connectivity index (χ0) is 12.1. The molecule has 1 N–H and O–H groups in total. The summed E-state index contributed by atoms with van der Waals surface area (Å²) in [4.78, 5) is 10.2. The van der Waals surface area contributed by atoms with Gasteiger partial charge in [0.2, 0.25) is 0 Å². The summed E-state index contributed by atoms with van der Waals surface area (Å²) in [6.07, 6.45) is 0. The highest BCUT2D eigenvalue weighted by molar-refractivity contribution is 5.68. The molecule has 0 aromatic heterocycles. The first-order chi connectivity index (χ1) is 7.47. The molecule has 6 heteroatoms. The van der Waals surface area contributed by atoms with Crippen LogP contribution in [-0.2, 0) is 4.79 Å². The molecule has 4 nitrogen and oxygen atoms in total. The second-order valence-electron chi connectivity index (χ2n) is 3.04. The molecule has 0 spiro atoms. The molecular formula is C10H10F2O4. The van der Waals surface area contributed by atoms with Gasteiger partial charge in [-0.2, -0.15) is 8.78 Å². The van der Waals surface area contributed by atoms with Crippen LogP contribution in [0.5, 0.6) is 11.5 Å². The molecule has 16 heavy (non-hydrogen) atoms. The molecule has 0 saturated carbocycles. The Kier molecular flexibility index (Phi) is 4.04. The summed E-state index contributed by atoms with van der Waals surface area (Å²) in [5, 5.41) is 8.38. The minimum Gasteiger partial charge on any atom is -0.482 e. The molecule has 1 aromatic carbocycles. The molecule has 0 unspecified atom stereocenters. The van der Waals surface area contributed by atoms with E-state index in [1.54, 1.807) is 6.92 Å². The Bertz CT molecular complexity index is 379. The van der Waals surface area contributed by atoms with E-state index in [1.165, 1.54) is 18.2 Å². The summed E-state index contributed by atoms with van der Waals surface area (Å²) in [6, 6.07) is 4.14. The first-order valence-electron chi connectivity index (χ1n) is 4.38. The Balaban J connectivity index is 2.77. The zero-order valence-electron chi connectivity index (χ0n) is 8.44. The molecule has 0 fully saturated rings. The third-order valence-electron chi connectivity index (χ3n) is 1.61. The Hall–Kier alpha value is -1.85. The van der Waals surface area contributed by atoms with Crippen LogP contribution in [0.2, 0.25) is 0 Å². The van der Waals surface area contributed by atoms with Crippen molar-refractivity contribution in [3.63, 3.8) is 0 Å². The Morgan fingerprint density at radius 2 is 2.00 bits per heavy atom. The molecule has 0 aliphatic carbocycles. The molecule has 1 rings (SSSR count). The SMILES string of the molecule is Cc1cc(OCC(=O)O)cc(OC(F)F)c1. The highest BCUT2D eigenvalue weighted by atomic mass is 19.3. The van der Waals surface area contributed by atoms with Gasteiger partial charge in [-0.25, -0.2) is 4.79 Å². The van der Waals surface area contributed by atoms with Crippen LogP contribution in [0.1, 0.15) is 5.56 Å². The second-order valence-corrected chi connectivity index (χ2v) is 3.04. The van der Waals surface area contributed by atoms with Gasteiger partial charge >= 0.3 is 12.6 Å². The van der Waals surface area contributed by atoms with E-state index in [1.807, 2.05) is 0 Å². The fraction of sp³-hybridized carbons (Fsp3) is 0.300. The summed E-state index contributed by atoms with van der Waals surface area (Å²) >= 11 is 0. The van der Waals surface area contributed by atoms with Crippen molar-refractivity contribution < 1.29 is 28.2 Å². The number of alkyl halides is 2. The molecule has 0 aliphatic heterocycles. The van der Waals surface area contributed by atoms with Crippen LogP contribution in [0.15, 0.2) is 18.2 Å². The number of hydrogen-bond acceptors (Lipinski definition) is 3. The number of ether oxygens (including phenoxy) is 2. The summed E-state index contributed by atoms with van der Waals surface area (Å²) < 4.78 is 32.9. The number of rotatable bonds is 5. The van der Waals surface area contributed by atoms with E-state index in [2.05, 4.69) is 4.74 Å². The Morgan fingerprint density at radius 1 is 1.38 bits per heavy atom. The van der Waals surface area contributed by atoms with Crippen molar-refractivity contribution in [2.45, 2.75) is 13.5 Å². The lowest BCUT2D eigenvalue weighted by Gasteiger charge is -2.09. The Labute approximate surface area is 90.4 Å². The highest BCUT2D eigenvalue weighted by Gasteiger charge is 2.07. The predicted molar refractivity (Wildman–Crippen MR) is 50.9 cm³/mol. The molecule has 0 aliphatic rings. The quantitative estimate of drug-likeness (QED) is 0.844. The van der Waals surface area contributed by atoms with E-state index >= 15 is 0 Å². The fourth-order valence-corrected chi connectivity index (χ4v) is 1.11. The average molecular weight is 232 g/mol. The lowest BCUT2D eigenvalue weighted by Crippen LogP contribution is -2.10. The van der Waals surface area contributed by atoms with Crippen LogP contribution in [-0.4, -0.2) is 24.3 Å². The maximum atomic E-state index is 11.9. The van der Waals surface area contributed by atoms with Gasteiger partial charge in [0, 0.05) is 6.07 Å². The van der Waals surface area contributed by atoms with Gasteiger partial charge in [0.15, 0.2) is 6.61 Å². The van der Waals surface area contributed by atoms with E-state index in [4.69, 9.17) is 9.84 Å². The maximum absolute atomic E-state index is 11.9. The topological polar surface area (TPSA) is 55.8 Å². The molecule has 1 aromatic rings. The van der Waals surface area contributed by atoms with Gasteiger partial charge in [0.1, 0.15) is 11.5 Å². The average Bonchev–Trinajstić information content (AvgIpc) is 2.12. The second kappa shape index (κ2) is 5.29. The van der Waals surface area contributed by atoms with Crippen molar-refractivity contribution >= 4 is 5.97 Å². The molecule has 0 heterocycles. The van der Waals surface area contributed by atoms with Crippen LogP contribution >= 0.6 is 0 Å². The monoisotopic (exact) mass is 232 g/mol. The van der Waals surface area contributed by atoms with Crippen molar-refractivity contribution in [2.75, 3.05) is 6.61 Å². The molecule has 88 valence electrons. The summed E-state index contributed by atoms with van der Waals surface area (Å²) in [5.41, 5.74) is 0.638. The van der Waals surface area contributed by atoms with Crippen LogP contribution in [0.3, 0.4) is 0 Å². The van der Waals surface area contributed by atoms with E-state index < -0.39 is 19.2 Å². The fourth-order valence-electron chi connectivity index (χ4n) is 1.11. The Morgan fingerprint density at radius 3 is 2.56 bits per heavy atom. The van der Waals surface area contributed by atoms with Crippen LogP contribution in [0.25, 0.3) is 0 Å². The van der Waals surface area contributed by atoms with Gasteiger partial charge < -0.3 is 14.6 Å². The third-order valence-corrected chi connectivity index (χ3v) is 1.61. The number of benzene rings is 1. The third kappa shape index (κ3) is 4.12. The van der Waals surface area contributed by atoms with E-state index in [0.717, 1.165) is 0 Å². The maximum Gasteiger partial charge on any atom is 0.387 e. The first-order valence-corrected chi connectivity index (χ1v) is 4.38. The molecule has 0 radical (unpaired) electrons. The van der Waals surface area contributed by atoms with E-state index in [9.17, 15) is 13.6 Å². The van der Waals surface area contributed by atoms with Crippen LogP contribution in [0.4, 0.5) is 8.78 Å². The van der Waals surface area contributed by atoms with Crippen LogP contribution in [0, 0.1) is 6.92 Å². The molecule has 0 amide bonds. The van der Waals surface area contributed by atoms with Gasteiger partial charge in [-0.3, -0.25) is 0 Å². The van der Waals surface area contributed by atoms with Gasteiger partial charge in [-0.05, 0) is 24.6 Å². The van der Waals surface area contributed by atoms with E-state index in [-0.39, 0.29) is 11.5 Å². The van der Waals surface area contributed by atoms with Gasteiger partial charge in [-0.15, -0.1) is 0 Å². The van der Waals surface area contributed by atoms with Crippen molar-refractivity contribution in [1.82, 2.24) is 0 Å². The van der Waals surface area contributed by atoms with Crippen LogP contribution < -0.4 is 9.47 Å². The highest BCUT2D eigenvalue weighted by Crippen LogP contribution is 2.23. The first kappa shape index (κ1) is 12.2. The van der Waals surface area contributed by atoms with E-state index in [0.29, 0.717) is 5.56 Å². The van der Waals surface area contributed by atoms with Gasteiger partial charge in [0.25, 0.3) is 0 Å². The predicted octanol–water partition coefficient (Wildman–Crippen LogP) is 2.06. The summed E-state index contributed by atoms with van der Waals surface area (Å²) in [7, 11) is 0. The molecular weight excluding hydrogens is 222 g/mol. The number of hydrogen-bond donors (Lipinski definition) is 1. The summed E-state index contributed by atoms with van der Waals surface area (Å²) in [6.45, 7) is -1.79. The largest absolute Gasteiger partial charge is 0.482 e. The lowest BCUT2D eigenvalue weighted by atomic mass is 10.2. The number of aryl methyl sites for hydroxylation is 1. The number of carboxylic acid groups (broad SMARTS) is 1. The zero-order valence-corrected chi connectivity index (χ0v) is 8.44. The summed E-state index contributed by atoms with van der Waals surface area (Å²) in [5.74, 6) is -1.02. The smallest absolute Gasteiger partial charge is 0.387 e. The van der Waals surface area contributed by atoms with Gasteiger partial charge in [-0.1, -0.05) is 0 Å².